The lowest BCUT2D eigenvalue weighted by molar-refractivity contribution is 0.599. The van der Waals surface area contributed by atoms with Gasteiger partial charge >= 0.3 is 0 Å². The van der Waals surface area contributed by atoms with Crippen molar-refractivity contribution in [2.75, 3.05) is 16.6 Å². The predicted octanol–water partition coefficient (Wildman–Crippen LogP) is 1.14. The maximum absolute atomic E-state index is 12.2. The molecule has 0 radical (unpaired) electrons. The number of hydrogen-bond acceptors (Lipinski definition) is 6. The molecule has 0 aliphatic carbocycles. The van der Waals surface area contributed by atoms with Gasteiger partial charge in [-0.2, -0.15) is 5.10 Å². The van der Waals surface area contributed by atoms with Crippen molar-refractivity contribution in [3.05, 3.63) is 24.2 Å². The van der Waals surface area contributed by atoms with Gasteiger partial charge in [0.2, 0.25) is 5.95 Å². The normalized spacial score (nSPS) is 11.4. The van der Waals surface area contributed by atoms with E-state index in [9.17, 15) is 8.42 Å². The van der Waals surface area contributed by atoms with E-state index >= 15 is 0 Å². The highest BCUT2D eigenvalue weighted by molar-refractivity contribution is 7.92. The molecule has 0 bridgehead atoms. The van der Waals surface area contributed by atoms with Crippen LogP contribution in [0.1, 0.15) is 19.0 Å². The van der Waals surface area contributed by atoms with Crippen molar-refractivity contribution in [3.63, 3.8) is 0 Å². The summed E-state index contributed by atoms with van der Waals surface area (Å²) in [5, 5.41) is 7.07. The van der Waals surface area contributed by atoms with E-state index in [1.807, 2.05) is 6.92 Å². The molecule has 0 unspecified atom stereocenters. The van der Waals surface area contributed by atoms with Crippen molar-refractivity contribution in [3.8, 4) is 0 Å². The summed E-state index contributed by atoms with van der Waals surface area (Å²) in [6, 6.07) is 1.65. The molecular weight excluding hydrogens is 292 g/mol. The lowest BCUT2D eigenvalue weighted by Gasteiger charge is -2.08. The molecule has 9 heteroatoms. The Kier molecular flexibility index (Phi) is 4.41. The zero-order valence-electron chi connectivity index (χ0n) is 12.2. The molecule has 2 aromatic heterocycles. The van der Waals surface area contributed by atoms with Gasteiger partial charge in [0, 0.05) is 19.7 Å². The number of nitrogens with zero attached hydrogens (tertiary/aromatic N) is 4. The molecule has 0 aromatic carbocycles. The average molecular weight is 310 g/mol. The molecule has 0 aliphatic heterocycles. The topological polar surface area (TPSA) is 102 Å². The Labute approximate surface area is 123 Å². The minimum Gasteiger partial charge on any atom is -0.354 e. The first kappa shape index (κ1) is 15.2. The summed E-state index contributed by atoms with van der Waals surface area (Å²) < 4.78 is 28.4. The van der Waals surface area contributed by atoms with Crippen LogP contribution in [0.4, 0.5) is 11.8 Å². The molecule has 21 heavy (non-hydrogen) atoms. The molecule has 0 spiro atoms. The summed E-state index contributed by atoms with van der Waals surface area (Å²) in [4.78, 5) is 7.98. The zero-order chi connectivity index (χ0) is 15.5. The number of nitrogens with one attached hydrogen (secondary N) is 2. The van der Waals surface area contributed by atoms with E-state index in [1.165, 1.54) is 17.1 Å². The molecule has 2 rings (SSSR count). The number of aryl methyl sites for hydroxylation is 2. The van der Waals surface area contributed by atoms with E-state index in [-0.39, 0.29) is 4.90 Å². The highest BCUT2D eigenvalue weighted by Gasteiger charge is 2.17. The van der Waals surface area contributed by atoms with E-state index in [4.69, 9.17) is 0 Å². The number of sulfonamides is 1. The summed E-state index contributed by atoms with van der Waals surface area (Å²) in [5.74, 6) is 0.799. The minimum atomic E-state index is -3.72. The first-order valence-corrected chi connectivity index (χ1v) is 8.00. The maximum Gasteiger partial charge on any atom is 0.266 e. The van der Waals surface area contributed by atoms with Gasteiger partial charge < -0.3 is 5.32 Å². The lowest BCUT2D eigenvalue weighted by Crippen LogP contribution is -2.16. The van der Waals surface area contributed by atoms with Gasteiger partial charge in [0.1, 0.15) is 10.7 Å². The quantitative estimate of drug-likeness (QED) is 0.829. The van der Waals surface area contributed by atoms with E-state index in [0.717, 1.165) is 18.7 Å². The van der Waals surface area contributed by atoms with Crippen LogP contribution in [-0.2, 0) is 17.1 Å². The van der Waals surface area contributed by atoms with Crippen LogP contribution in [0.25, 0.3) is 0 Å². The number of aromatic nitrogens is 4. The largest absolute Gasteiger partial charge is 0.354 e. The lowest BCUT2D eigenvalue weighted by atomic mass is 10.5. The van der Waals surface area contributed by atoms with Crippen molar-refractivity contribution in [1.29, 1.82) is 0 Å². The second-order valence-electron chi connectivity index (χ2n) is 4.57. The summed E-state index contributed by atoms with van der Waals surface area (Å²) in [5.41, 5.74) is 0.727. The third-order valence-electron chi connectivity index (χ3n) is 2.71. The van der Waals surface area contributed by atoms with E-state index in [1.54, 1.807) is 20.0 Å². The van der Waals surface area contributed by atoms with Crippen molar-refractivity contribution < 1.29 is 8.42 Å². The summed E-state index contributed by atoms with van der Waals surface area (Å²) in [7, 11) is -2.06. The van der Waals surface area contributed by atoms with Gasteiger partial charge in [0.15, 0.2) is 0 Å². The molecule has 0 atom stereocenters. The van der Waals surface area contributed by atoms with Crippen molar-refractivity contribution in [2.45, 2.75) is 25.2 Å². The Hall–Kier alpha value is -2.16. The van der Waals surface area contributed by atoms with Crippen LogP contribution >= 0.6 is 0 Å². The third kappa shape index (κ3) is 3.69. The second-order valence-corrected chi connectivity index (χ2v) is 6.25. The molecule has 114 valence electrons. The zero-order valence-corrected chi connectivity index (χ0v) is 13.0. The van der Waals surface area contributed by atoms with Gasteiger partial charge in [0.05, 0.1) is 18.1 Å². The Morgan fingerprint density at radius 1 is 1.29 bits per heavy atom. The van der Waals surface area contributed by atoms with Crippen LogP contribution in [0.5, 0.6) is 0 Å². The van der Waals surface area contributed by atoms with Crippen LogP contribution in [0, 0.1) is 6.92 Å². The third-order valence-corrected chi connectivity index (χ3v) is 4.02. The Morgan fingerprint density at radius 3 is 2.48 bits per heavy atom. The van der Waals surface area contributed by atoms with Gasteiger partial charge in [-0.25, -0.2) is 18.4 Å². The molecule has 2 heterocycles. The Morgan fingerprint density at radius 2 is 1.95 bits per heavy atom. The van der Waals surface area contributed by atoms with E-state index in [2.05, 4.69) is 25.1 Å². The predicted molar refractivity (Wildman–Crippen MR) is 79.6 cm³/mol. The molecule has 0 aliphatic rings. The summed E-state index contributed by atoms with van der Waals surface area (Å²) in [6.07, 6.45) is 3.48. The SMILES string of the molecule is CCCNc1ncc(S(=O)(=O)Nc2cc(C)nn2C)cn1. The number of anilines is 2. The van der Waals surface area contributed by atoms with E-state index < -0.39 is 10.0 Å². The van der Waals surface area contributed by atoms with Gasteiger partial charge in [-0.05, 0) is 13.3 Å². The van der Waals surface area contributed by atoms with Crippen molar-refractivity contribution in [1.82, 2.24) is 19.7 Å². The van der Waals surface area contributed by atoms with E-state index in [0.29, 0.717) is 11.8 Å². The molecule has 2 aromatic rings. The maximum atomic E-state index is 12.2. The van der Waals surface area contributed by atoms with Crippen LogP contribution in [0.15, 0.2) is 23.4 Å². The average Bonchev–Trinajstić information content (AvgIpc) is 2.74. The van der Waals surface area contributed by atoms with Gasteiger partial charge in [-0.15, -0.1) is 0 Å². The molecule has 0 saturated heterocycles. The second kappa shape index (κ2) is 6.08. The van der Waals surface area contributed by atoms with Crippen molar-refractivity contribution in [2.24, 2.45) is 7.05 Å². The standard InChI is InChI=1S/C12H18N6O2S/c1-4-5-13-12-14-7-10(8-15-12)21(19,20)17-11-6-9(2)16-18(11)3/h6-8,17H,4-5H2,1-3H3,(H,13,14,15). The number of hydrogen-bond donors (Lipinski definition) is 2. The first-order valence-electron chi connectivity index (χ1n) is 6.51. The van der Waals surface area contributed by atoms with Crippen LogP contribution in [0.2, 0.25) is 0 Å². The first-order chi connectivity index (χ1) is 9.92. The fourth-order valence-electron chi connectivity index (χ4n) is 1.69. The summed E-state index contributed by atoms with van der Waals surface area (Å²) in [6.45, 7) is 4.54. The molecular formula is C12H18N6O2S. The van der Waals surface area contributed by atoms with Crippen molar-refractivity contribution >= 4 is 21.8 Å². The van der Waals surface area contributed by atoms with Gasteiger partial charge in [-0.3, -0.25) is 9.40 Å². The molecule has 0 amide bonds. The summed E-state index contributed by atoms with van der Waals surface area (Å²) >= 11 is 0. The minimum absolute atomic E-state index is 0.00315. The highest BCUT2D eigenvalue weighted by atomic mass is 32.2. The smallest absolute Gasteiger partial charge is 0.266 e. The Bertz CT molecular complexity index is 708. The highest BCUT2D eigenvalue weighted by Crippen LogP contribution is 2.15. The molecule has 8 nitrogen and oxygen atoms in total. The van der Waals surface area contributed by atoms with Crippen LogP contribution in [-0.4, -0.2) is 34.7 Å². The number of rotatable bonds is 6. The fourth-order valence-corrected chi connectivity index (χ4v) is 2.65. The van der Waals surface area contributed by atoms with Crippen LogP contribution in [0.3, 0.4) is 0 Å². The molecule has 0 saturated carbocycles. The van der Waals surface area contributed by atoms with Gasteiger partial charge in [-0.1, -0.05) is 6.92 Å². The fraction of sp³-hybridized carbons (Fsp3) is 0.417. The van der Waals surface area contributed by atoms with Gasteiger partial charge in [0.25, 0.3) is 10.0 Å². The molecule has 2 N–H and O–H groups in total. The molecule has 0 fully saturated rings. The Balaban J connectivity index is 2.17. The monoisotopic (exact) mass is 310 g/mol. The van der Waals surface area contributed by atoms with Crippen LogP contribution < -0.4 is 10.0 Å².